The molecule has 1 unspecified atom stereocenters. The molecule has 1 heterocycles. The molecule has 1 aliphatic heterocycles. The van der Waals surface area contributed by atoms with E-state index in [2.05, 4.69) is 17.1 Å². The first kappa shape index (κ1) is 11.7. The van der Waals surface area contributed by atoms with Crippen molar-refractivity contribution in [2.24, 2.45) is 17.8 Å². The fraction of sp³-hybridized carbons (Fsp3) is 1.00. The number of nitrogens with zero attached hydrogens (tertiary/aromatic N) is 1. The molecule has 102 valence electrons. The molecule has 0 amide bonds. The second-order valence-electron chi connectivity index (χ2n) is 7.77. The molecule has 0 radical (unpaired) electrons. The Bertz CT molecular complexity index is 290. The molecule has 0 aromatic rings. The minimum Gasteiger partial charge on any atom is -0.313 e. The molecule has 0 aromatic heterocycles. The molecule has 1 saturated heterocycles. The Balaban J connectivity index is 1.55. The Kier molecular flexibility index (Phi) is 2.74. The van der Waals surface area contributed by atoms with Gasteiger partial charge in [0.25, 0.3) is 0 Å². The summed E-state index contributed by atoms with van der Waals surface area (Å²) in [6.45, 7) is 6.21. The smallest absolute Gasteiger partial charge is 0.0218 e. The van der Waals surface area contributed by atoms with Crippen molar-refractivity contribution < 1.29 is 0 Å². The zero-order valence-electron chi connectivity index (χ0n) is 11.8. The largest absolute Gasteiger partial charge is 0.313 e. The number of rotatable bonds is 1. The molecule has 0 aromatic carbocycles. The number of hydrogen-bond acceptors (Lipinski definition) is 2. The molecule has 4 saturated carbocycles. The first-order valence-electron chi connectivity index (χ1n) is 8.22. The van der Waals surface area contributed by atoms with E-state index in [1.165, 1.54) is 45.3 Å². The van der Waals surface area contributed by atoms with Gasteiger partial charge in [-0.15, -0.1) is 0 Å². The van der Waals surface area contributed by atoms with Crippen LogP contribution in [0.3, 0.4) is 0 Å². The summed E-state index contributed by atoms with van der Waals surface area (Å²) in [5, 5.41) is 3.66. The average molecular weight is 248 g/mol. The fourth-order valence-corrected chi connectivity index (χ4v) is 5.94. The van der Waals surface area contributed by atoms with E-state index in [1.54, 1.807) is 19.3 Å². The van der Waals surface area contributed by atoms with Crippen LogP contribution in [0, 0.1) is 17.8 Å². The third-order valence-electron chi connectivity index (χ3n) is 6.38. The van der Waals surface area contributed by atoms with Gasteiger partial charge in [0, 0.05) is 31.2 Å². The molecule has 18 heavy (non-hydrogen) atoms. The van der Waals surface area contributed by atoms with E-state index in [0.29, 0.717) is 5.54 Å². The van der Waals surface area contributed by atoms with Crippen molar-refractivity contribution in [3.63, 3.8) is 0 Å². The van der Waals surface area contributed by atoms with Gasteiger partial charge in [-0.1, -0.05) is 0 Å². The van der Waals surface area contributed by atoms with Crippen molar-refractivity contribution in [1.29, 1.82) is 0 Å². The van der Waals surface area contributed by atoms with E-state index >= 15 is 0 Å². The lowest BCUT2D eigenvalue weighted by Crippen LogP contribution is -2.60. The Morgan fingerprint density at radius 2 is 1.56 bits per heavy atom. The molecule has 1 N–H and O–H groups in total. The van der Waals surface area contributed by atoms with Crippen LogP contribution >= 0.6 is 0 Å². The predicted octanol–water partition coefficient (Wildman–Crippen LogP) is 2.64. The Hall–Kier alpha value is -0.0800. The van der Waals surface area contributed by atoms with E-state index in [1.807, 2.05) is 0 Å². The number of nitrogens with one attached hydrogen (secondary N) is 1. The maximum atomic E-state index is 3.66. The highest BCUT2D eigenvalue weighted by Gasteiger charge is 2.53. The Morgan fingerprint density at radius 3 is 2.17 bits per heavy atom. The maximum Gasteiger partial charge on any atom is 0.0218 e. The van der Waals surface area contributed by atoms with Crippen LogP contribution in [0.15, 0.2) is 0 Å². The summed E-state index contributed by atoms with van der Waals surface area (Å²) in [5.41, 5.74) is 0.639. The summed E-state index contributed by atoms with van der Waals surface area (Å²) in [7, 11) is 0. The quantitative estimate of drug-likeness (QED) is 0.767. The van der Waals surface area contributed by atoms with Gasteiger partial charge in [0.2, 0.25) is 0 Å². The van der Waals surface area contributed by atoms with Crippen LogP contribution < -0.4 is 5.32 Å². The van der Waals surface area contributed by atoms with Crippen LogP contribution in [0.2, 0.25) is 0 Å². The molecule has 5 aliphatic rings. The van der Waals surface area contributed by atoms with Crippen LogP contribution in [0.4, 0.5) is 0 Å². The maximum absolute atomic E-state index is 3.66. The molecule has 5 fully saturated rings. The van der Waals surface area contributed by atoms with Gasteiger partial charge in [-0.25, -0.2) is 0 Å². The molecular weight excluding hydrogens is 220 g/mol. The van der Waals surface area contributed by atoms with Crippen molar-refractivity contribution in [2.45, 2.75) is 63.5 Å². The highest BCUT2D eigenvalue weighted by Crippen LogP contribution is 2.57. The van der Waals surface area contributed by atoms with E-state index in [0.717, 1.165) is 23.8 Å². The second kappa shape index (κ2) is 4.21. The van der Waals surface area contributed by atoms with Gasteiger partial charge in [-0.2, -0.15) is 0 Å². The van der Waals surface area contributed by atoms with Gasteiger partial charge >= 0.3 is 0 Å². The standard InChI is InChI=1S/C16H28N2/c1-12-2-4-18(5-3-17-12)16-9-13-6-14(10-16)8-15(7-13)11-16/h12-15,17H,2-11H2,1H3. The van der Waals surface area contributed by atoms with E-state index in [9.17, 15) is 0 Å². The first-order valence-corrected chi connectivity index (χ1v) is 8.22. The van der Waals surface area contributed by atoms with Gasteiger partial charge in [-0.05, 0) is 69.6 Å². The van der Waals surface area contributed by atoms with Gasteiger partial charge in [0.15, 0.2) is 0 Å². The normalized spacial score (nSPS) is 52.5. The van der Waals surface area contributed by atoms with E-state index in [4.69, 9.17) is 0 Å². The molecule has 5 rings (SSSR count). The summed E-state index contributed by atoms with van der Waals surface area (Å²) in [6.07, 6.45) is 10.7. The molecule has 0 spiro atoms. The van der Waals surface area contributed by atoms with Crippen molar-refractivity contribution in [1.82, 2.24) is 10.2 Å². The summed E-state index contributed by atoms with van der Waals surface area (Å²) in [5.74, 6) is 3.26. The van der Waals surface area contributed by atoms with Crippen molar-refractivity contribution in [3.8, 4) is 0 Å². The zero-order valence-corrected chi connectivity index (χ0v) is 11.8. The Morgan fingerprint density at radius 1 is 0.944 bits per heavy atom. The minimum atomic E-state index is 0.639. The summed E-state index contributed by atoms with van der Waals surface area (Å²) >= 11 is 0. The topological polar surface area (TPSA) is 15.3 Å². The third-order valence-corrected chi connectivity index (χ3v) is 6.38. The highest BCUT2D eigenvalue weighted by atomic mass is 15.2. The molecule has 4 bridgehead atoms. The first-order chi connectivity index (χ1) is 8.73. The van der Waals surface area contributed by atoms with E-state index < -0.39 is 0 Å². The fourth-order valence-electron chi connectivity index (χ4n) is 5.94. The lowest BCUT2D eigenvalue weighted by atomic mass is 9.52. The second-order valence-corrected chi connectivity index (χ2v) is 7.77. The van der Waals surface area contributed by atoms with Crippen LogP contribution in [0.1, 0.15) is 51.9 Å². The lowest BCUT2D eigenvalue weighted by molar-refractivity contribution is -0.0866. The van der Waals surface area contributed by atoms with Crippen LogP contribution in [0.5, 0.6) is 0 Å². The van der Waals surface area contributed by atoms with Gasteiger partial charge in [0.1, 0.15) is 0 Å². The van der Waals surface area contributed by atoms with E-state index in [-0.39, 0.29) is 0 Å². The SMILES string of the molecule is CC1CCN(C23CC4CC(CC(C4)C2)C3)CCN1. The minimum absolute atomic E-state index is 0.639. The van der Waals surface area contributed by atoms with Gasteiger partial charge < -0.3 is 5.32 Å². The monoisotopic (exact) mass is 248 g/mol. The van der Waals surface area contributed by atoms with Gasteiger partial charge in [0.05, 0.1) is 0 Å². The van der Waals surface area contributed by atoms with Crippen molar-refractivity contribution in [3.05, 3.63) is 0 Å². The van der Waals surface area contributed by atoms with Crippen LogP contribution in [-0.4, -0.2) is 36.1 Å². The summed E-state index contributed by atoms with van der Waals surface area (Å²) in [4.78, 5) is 2.91. The van der Waals surface area contributed by atoms with Crippen molar-refractivity contribution >= 4 is 0 Å². The molecular formula is C16H28N2. The molecule has 2 heteroatoms. The average Bonchev–Trinajstić information content (AvgIpc) is 2.52. The Labute approximate surface area is 111 Å². The summed E-state index contributed by atoms with van der Waals surface area (Å²) in [6, 6.07) is 0.726. The predicted molar refractivity (Wildman–Crippen MR) is 74.6 cm³/mol. The third kappa shape index (κ3) is 1.84. The summed E-state index contributed by atoms with van der Waals surface area (Å²) < 4.78 is 0. The van der Waals surface area contributed by atoms with Crippen molar-refractivity contribution in [2.75, 3.05) is 19.6 Å². The van der Waals surface area contributed by atoms with Crippen LogP contribution in [-0.2, 0) is 0 Å². The van der Waals surface area contributed by atoms with Gasteiger partial charge in [-0.3, -0.25) is 4.90 Å². The lowest BCUT2D eigenvalue weighted by Gasteiger charge is -2.60. The molecule has 4 aliphatic carbocycles. The van der Waals surface area contributed by atoms with Crippen LogP contribution in [0.25, 0.3) is 0 Å². The highest BCUT2D eigenvalue weighted by molar-refractivity contribution is 5.07. The molecule has 1 atom stereocenters. The zero-order chi connectivity index (χ0) is 12.2. The molecule has 2 nitrogen and oxygen atoms in total. The number of hydrogen-bond donors (Lipinski definition) is 1.